The van der Waals surface area contributed by atoms with E-state index in [-0.39, 0.29) is 11.8 Å². The van der Waals surface area contributed by atoms with Gasteiger partial charge in [0.2, 0.25) is 0 Å². The molecule has 1 fully saturated rings. The predicted molar refractivity (Wildman–Crippen MR) is 106 cm³/mol. The van der Waals surface area contributed by atoms with Gasteiger partial charge in [-0.05, 0) is 17.7 Å². The van der Waals surface area contributed by atoms with Crippen LogP contribution in [0.1, 0.15) is 17.2 Å². The summed E-state index contributed by atoms with van der Waals surface area (Å²) in [7, 11) is 5.32. The number of nitrogens with zero attached hydrogens (tertiary/aromatic N) is 3. The summed E-state index contributed by atoms with van der Waals surface area (Å²) in [5.74, 6) is -0.284. The van der Waals surface area contributed by atoms with Crippen molar-refractivity contribution < 1.29 is 9.59 Å². The normalized spacial score (nSPS) is 19.4. The van der Waals surface area contributed by atoms with Crippen molar-refractivity contribution in [2.24, 2.45) is 7.05 Å². The Kier molecular flexibility index (Phi) is 4.07. The average Bonchev–Trinajstić information content (AvgIpc) is 3.01. The zero-order valence-electron chi connectivity index (χ0n) is 15.6. The summed E-state index contributed by atoms with van der Waals surface area (Å²) in [6, 6.07) is 16.8. The van der Waals surface area contributed by atoms with E-state index in [9.17, 15) is 9.59 Å². The van der Waals surface area contributed by atoms with Crippen molar-refractivity contribution in [2.45, 2.75) is 6.04 Å². The van der Waals surface area contributed by atoms with Gasteiger partial charge in [0.15, 0.2) is 0 Å². The second-order valence-corrected chi connectivity index (χ2v) is 6.87. The molecule has 5 nitrogen and oxygen atoms in total. The second-order valence-electron chi connectivity index (χ2n) is 6.87. The van der Waals surface area contributed by atoms with Crippen LogP contribution in [0.2, 0.25) is 0 Å². The summed E-state index contributed by atoms with van der Waals surface area (Å²) in [4.78, 5) is 29.1. The molecule has 136 valence electrons. The summed E-state index contributed by atoms with van der Waals surface area (Å²) >= 11 is 0. The van der Waals surface area contributed by atoms with Gasteiger partial charge < -0.3 is 14.4 Å². The molecule has 3 aromatic rings. The van der Waals surface area contributed by atoms with Gasteiger partial charge in [-0.1, -0.05) is 48.5 Å². The van der Waals surface area contributed by atoms with Crippen molar-refractivity contribution >= 4 is 28.8 Å². The maximum Gasteiger partial charge on any atom is 0.271 e. The van der Waals surface area contributed by atoms with E-state index in [2.05, 4.69) is 0 Å². The monoisotopic (exact) mass is 359 g/mol. The molecule has 1 aromatic heterocycles. The molecule has 2 amide bonds. The van der Waals surface area contributed by atoms with Gasteiger partial charge in [-0.2, -0.15) is 0 Å². The summed E-state index contributed by atoms with van der Waals surface area (Å²) < 4.78 is 2.02. The highest BCUT2D eigenvalue weighted by Gasteiger charge is 2.40. The lowest BCUT2D eigenvalue weighted by molar-refractivity contribution is -0.148. The number of rotatable bonds is 2. The molecule has 1 saturated heterocycles. The molecular formula is C22H21N3O2. The third-order valence-corrected chi connectivity index (χ3v) is 5.19. The molecule has 0 saturated carbocycles. The Labute approximate surface area is 158 Å². The number of fused-ring (bicyclic) bond motifs is 1. The molecular weight excluding hydrogens is 338 g/mol. The molecule has 2 aromatic carbocycles. The van der Waals surface area contributed by atoms with E-state index in [1.807, 2.05) is 72.4 Å². The zero-order valence-corrected chi connectivity index (χ0v) is 15.6. The lowest BCUT2D eigenvalue weighted by Gasteiger charge is -2.38. The average molecular weight is 359 g/mol. The summed E-state index contributed by atoms with van der Waals surface area (Å²) in [6.07, 6.45) is 3.78. The highest BCUT2D eigenvalue weighted by molar-refractivity contribution is 6.08. The molecule has 1 aliphatic heterocycles. The maximum absolute atomic E-state index is 13.1. The van der Waals surface area contributed by atoms with Gasteiger partial charge in [0.1, 0.15) is 11.7 Å². The van der Waals surface area contributed by atoms with Gasteiger partial charge in [-0.25, -0.2) is 0 Å². The van der Waals surface area contributed by atoms with E-state index in [1.54, 1.807) is 20.2 Å². The lowest BCUT2D eigenvalue weighted by Crippen LogP contribution is -2.50. The molecule has 27 heavy (non-hydrogen) atoms. The Morgan fingerprint density at radius 2 is 1.56 bits per heavy atom. The molecule has 2 heterocycles. The number of benzene rings is 2. The van der Waals surface area contributed by atoms with E-state index >= 15 is 0 Å². The van der Waals surface area contributed by atoms with Crippen LogP contribution in [0.15, 0.2) is 66.5 Å². The smallest absolute Gasteiger partial charge is 0.271 e. The molecule has 0 bridgehead atoms. The van der Waals surface area contributed by atoms with Gasteiger partial charge in [0, 0.05) is 43.8 Å². The Morgan fingerprint density at radius 1 is 0.889 bits per heavy atom. The highest BCUT2D eigenvalue weighted by Crippen LogP contribution is 2.31. The first-order valence-electron chi connectivity index (χ1n) is 8.84. The molecule has 4 rings (SSSR count). The maximum atomic E-state index is 13.1. The molecule has 0 N–H and O–H groups in total. The van der Waals surface area contributed by atoms with Gasteiger partial charge in [0.25, 0.3) is 11.8 Å². The predicted octanol–water partition coefficient (Wildman–Crippen LogP) is 3.19. The van der Waals surface area contributed by atoms with Gasteiger partial charge >= 0.3 is 0 Å². The first-order chi connectivity index (χ1) is 13.0. The second kappa shape index (κ2) is 6.43. The van der Waals surface area contributed by atoms with Crippen LogP contribution in [-0.2, 0) is 16.6 Å². The van der Waals surface area contributed by atoms with Crippen LogP contribution < -0.4 is 0 Å². The number of amides is 2. The van der Waals surface area contributed by atoms with E-state index in [4.69, 9.17) is 0 Å². The van der Waals surface area contributed by atoms with Crippen LogP contribution in [0.4, 0.5) is 0 Å². The van der Waals surface area contributed by atoms with Crippen molar-refractivity contribution in [2.75, 3.05) is 14.1 Å². The fourth-order valence-electron chi connectivity index (χ4n) is 3.70. The van der Waals surface area contributed by atoms with Gasteiger partial charge in [-0.15, -0.1) is 0 Å². The minimum atomic E-state index is -0.603. The topological polar surface area (TPSA) is 45.6 Å². The van der Waals surface area contributed by atoms with Crippen molar-refractivity contribution in [3.05, 3.63) is 77.6 Å². The number of aromatic nitrogens is 1. The Morgan fingerprint density at radius 3 is 2.30 bits per heavy atom. The third kappa shape index (κ3) is 2.72. The number of likely N-dealkylation sites (N-methyl/N-ethyl adjacent to an activating group) is 2. The molecule has 0 radical (unpaired) electrons. The van der Waals surface area contributed by atoms with Gasteiger partial charge in [0.05, 0.1) is 0 Å². The van der Waals surface area contributed by atoms with Crippen molar-refractivity contribution in [1.82, 2.24) is 14.4 Å². The van der Waals surface area contributed by atoms with Crippen molar-refractivity contribution in [3.63, 3.8) is 0 Å². The molecule has 1 atom stereocenters. The minimum Gasteiger partial charge on any atom is -0.350 e. The Bertz CT molecular complexity index is 1070. The quantitative estimate of drug-likeness (QED) is 0.660. The standard InChI is InChI=1S/C22H21N3O2/c1-23-14-16(17-11-7-8-12-18(17)23)13-19-21(26)25(3)20(22(27)24(19)2)15-9-5-4-6-10-15/h4-14,20H,1-3H3. The number of aryl methyl sites for hydroxylation is 1. The molecule has 0 aliphatic carbocycles. The first-order valence-corrected chi connectivity index (χ1v) is 8.84. The van der Waals surface area contributed by atoms with Crippen LogP contribution in [0.25, 0.3) is 17.0 Å². The zero-order chi connectivity index (χ0) is 19.1. The van der Waals surface area contributed by atoms with Crippen LogP contribution in [0.5, 0.6) is 0 Å². The number of carbonyl (C=O) groups is 2. The van der Waals surface area contributed by atoms with Crippen LogP contribution in [-0.4, -0.2) is 40.3 Å². The number of carbonyl (C=O) groups excluding carboxylic acids is 2. The SMILES string of the molecule is CN1C(=O)C(c2ccccc2)N(C)C(=O)C1=Cc1cn(C)c2ccccc12. The van der Waals surface area contributed by atoms with Crippen LogP contribution in [0, 0.1) is 0 Å². The number of hydrogen-bond acceptors (Lipinski definition) is 2. The van der Waals surface area contributed by atoms with E-state index in [1.165, 1.54) is 9.80 Å². The fourth-order valence-corrected chi connectivity index (χ4v) is 3.70. The number of para-hydroxylation sites is 1. The minimum absolute atomic E-state index is 0.116. The summed E-state index contributed by atoms with van der Waals surface area (Å²) in [5, 5.41) is 1.05. The lowest BCUT2D eigenvalue weighted by atomic mass is 10.00. The molecule has 1 unspecified atom stereocenters. The number of hydrogen-bond donors (Lipinski definition) is 0. The van der Waals surface area contributed by atoms with Crippen LogP contribution >= 0.6 is 0 Å². The van der Waals surface area contributed by atoms with Crippen LogP contribution in [0.3, 0.4) is 0 Å². The highest BCUT2D eigenvalue weighted by atomic mass is 16.2. The fraction of sp³-hybridized carbons (Fsp3) is 0.182. The third-order valence-electron chi connectivity index (χ3n) is 5.19. The van der Waals surface area contributed by atoms with E-state index in [0.29, 0.717) is 5.70 Å². The largest absolute Gasteiger partial charge is 0.350 e. The summed E-state index contributed by atoms with van der Waals surface area (Å²) in [6.45, 7) is 0. The van der Waals surface area contributed by atoms with Gasteiger partial charge in [-0.3, -0.25) is 9.59 Å². The van der Waals surface area contributed by atoms with Crippen molar-refractivity contribution in [3.8, 4) is 0 Å². The molecule has 1 aliphatic rings. The Hall–Kier alpha value is -3.34. The van der Waals surface area contributed by atoms with E-state index in [0.717, 1.165) is 22.0 Å². The Balaban J connectivity index is 1.78. The molecule has 0 spiro atoms. The number of piperazine rings is 1. The molecule has 5 heteroatoms. The van der Waals surface area contributed by atoms with E-state index < -0.39 is 6.04 Å². The van der Waals surface area contributed by atoms with Crippen molar-refractivity contribution in [1.29, 1.82) is 0 Å². The first kappa shape index (κ1) is 17.1. The summed E-state index contributed by atoms with van der Waals surface area (Å²) in [5.41, 5.74) is 3.19.